The molecular formula is C16H15N5O3. The second-order valence-corrected chi connectivity index (χ2v) is 4.89. The standard InChI is InChI=1S/C16H15N5O3/c1-3-8-17-15-18-9-12-13(19-15)20-16(23)21(14(12)22)10-4-6-11(24-2)7-5-10/h3-7,9H,1,8H2,2H3,(H2,17,18,19,20,23). The van der Waals surface area contributed by atoms with Crippen LogP contribution in [0.3, 0.4) is 0 Å². The van der Waals surface area contributed by atoms with Crippen molar-refractivity contribution in [2.45, 2.75) is 0 Å². The summed E-state index contributed by atoms with van der Waals surface area (Å²) in [6, 6.07) is 6.60. The van der Waals surface area contributed by atoms with Gasteiger partial charge in [0.2, 0.25) is 5.95 Å². The molecule has 3 aromatic rings. The van der Waals surface area contributed by atoms with Crippen molar-refractivity contribution in [1.29, 1.82) is 0 Å². The van der Waals surface area contributed by atoms with Gasteiger partial charge in [-0.15, -0.1) is 6.58 Å². The molecule has 24 heavy (non-hydrogen) atoms. The summed E-state index contributed by atoms with van der Waals surface area (Å²) in [6.07, 6.45) is 3.03. The first-order valence-electron chi connectivity index (χ1n) is 7.15. The van der Waals surface area contributed by atoms with Gasteiger partial charge in [0.1, 0.15) is 11.1 Å². The quantitative estimate of drug-likeness (QED) is 0.681. The van der Waals surface area contributed by atoms with Gasteiger partial charge < -0.3 is 10.1 Å². The molecule has 0 aliphatic carbocycles. The van der Waals surface area contributed by atoms with Crippen molar-refractivity contribution in [2.24, 2.45) is 0 Å². The first-order chi connectivity index (χ1) is 11.6. The Morgan fingerprint density at radius 3 is 2.75 bits per heavy atom. The van der Waals surface area contributed by atoms with Crippen LogP contribution in [0.25, 0.3) is 16.7 Å². The fraction of sp³-hybridized carbons (Fsp3) is 0.125. The summed E-state index contributed by atoms with van der Waals surface area (Å²) >= 11 is 0. The molecule has 122 valence electrons. The molecule has 2 heterocycles. The van der Waals surface area contributed by atoms with Crippen LogP contribution in [0, 0.1) is 0 Å². The van der Waals surface area contributed by atoms with Crippen LogP contribution in [0.4, 0.5) is 5.95 Å². The number of methoxy groups -OCH3 is 1. The molecule has 0 saturated heterocycles. The van der Waals surface area contributed by atoms with E-state index in [-0.39, 0.29) is 11.0 Å². The lowest BCUT2D eigenvalue weighted by atomic mass is 10.3. The zero-order valence-corrected chi connectivity index (χ0v) is 12.9. The summed E-state index contributed by atoms with van der Waals surface area (Å²) in [5, 5.41) is 3.12. The zero-order chi connectivity index (χ0) is 17.1. The highest BCUT2D eigenvalue weighted by molar-refractivity contribution is 5.73. The van der Waals surface area contributed by atoms with Crippen LogP contribution in [-0.4, -0.2) is 33.2 Å². The lowest BCUT2D eigenvalue weighted by molar-refractivity contribution is 0.414. The molecular weight excluding hydrogens is 310 g/mol. The van der Waals surface area contributed by atoms with E-state index in [1.165, 1.54) is 6.20 Å². The molecule has 8 nitrogen and oxygen atoms in total. The van der Waals surface area contributed by atoms with Crippen LogP contribution in [0.2, 0.25) is 0 Å². The van der Waals surface area contributed by atoms with Crippen LogP contribution in [0.1, 0.15) is 0 Å². The van der Waals surface area contributed by atoms with Crippen molar-refractivity contribution < 1.29 is 4.74 Å². The Morgan fingerprint density at radius 2 is 2.08 bits per heavy atom. The topological polar surface area (TPSA) is 102 Å². The molecule has 0 saturated carbocycles. The second kappa shape index (κ2) is 6.37. The van der Waals surface area contributed by atoms with Gasteiger partial charge in [-0.05, 0) is 24.3 Å². The van der Waals surface area contributed by atoms with Crippen molar-refractivity contribution >= 4 is 17.0 Å². The number of hydrogen-bond donors (Lipinski definition) is 2. The fourth-order valence-electron chi connectivity index (χ4n) is 2.22. The van der Waals surface area contributed by atoms with Gasteiger partial charge in [-0.3, -0.25) is 9.78 Å². The van der Waals surface area contributed by atoms with E-state index in [2.05, 4.69) is 26.8 Å². The van der Waals surface area contributed by atoms with E-state index in [9.17, 15) is 9.59 Å². The minimum absolute atomic E-state index is 0.177. The summed E-state index contributed by atoms with van der Waals surface area (Å²) in [7, 11) is 1.54. The van der Waals surface area contributed by atoms with E-state index < -0.39 is 11.2 Å². The second-order valence-electron chi connectivity index (χ2n) is 4.89. The fourth-order valence-corrected chi connectivity index (χ4v) is 2.22. The number of aromatic amines is 1. The molecule has 2 aromatic heterocycles. The van der Waals surface area contributed by atoms with Gasteiger partial charge in [0.05, 0.1) is 12.8 Å². The summed E-state index contributed by atoms with van der Waals surface area (Å²) < 4.78 is 6.10. The minimum Gasteiger partial charge on any atom is -0.497 e. The van der Waals surface area contributed by atoms with Gasteiger partial charge >= 0.3 is 5.69 Å². The molecule has 0 bridgehead atoms. The van der Waals surface area contributed by atoms with Gasteiger partial charge in [0, 0.05) is 12.7 Å². The number of nitrogens with one attached hydrogen (secondary N) is 2. The molecule has 0 amide bonds. The number of anilines is 1. The average Bonchev–Trinajstić information content (AvgIpc) is 2.60. The lowest BCUT2D eigenvalue weighted by Gasteiger charge is -2.08. The van der Waals surface area contributed by atoms with Crippen molar-refractivity contribution in [1.82, 2.24) is 19.5 Å². The summed E-state index contributed by atoms with van der Waals surface area (Å²) in [4.78, 5) is 35.7. The number of benzene rings is 1. The smallest absolute Gasteiger partial charge is 0.334 e. The van der Waals surface area contributed by atoms with Crippen molar-refractivity contribution in [3.8, 4) is 11.4 Å². The SMILES string of the molecule is C=CCNc1ncc2c(=O)n(-c3ccc(OC)cc3)c(=O)[nH]c2n1. The van der Waals surface area contributed by atoms with Crippen molar-refractivity contribution in [3.05, 3.63) is 64.0 Å². The summed E-state index contributed by atoms with van der Waals surface area (Å²) in [5.41, 5.74) is -0.464. The van der Waals surface area contributed by atoms with E-state index in [0.29, 0.717) is 23.9 Å². The van der Waals surface area contributed by atoms with Gasteiger partial charge in [0.25, 0.3) is 5.56 Å². The Kier molecular flexibility index (Phi) is 4.11. The number of ether oxygens (including phenoxy) is 1. The Balaban J connectivity index is 2.14. The number of rotatable bonds is 5. The predicted octanol–water partition coefficient (Wildman–Crippen LogP) is 1.08. The van der Waals surface area contributed by atoms with Crippen LogP contribution in [0.15, 0.2) is 52.7 Å². The highest BCUT2D eigenvalue weighted by Gasteiger charge is 2.11. The van der Waals surface area contributed by atoms with Gasteiger partial charge in [0.15, 0.2) is 5.65 Å². The third-order valence-corrected chi connectivity index (χ3v) is 3.39. The Bertz CT molecular complexity index is 1000. The minimum atomic E-state index is -0.578. The van der Waals surface area contributed by atoms with E-state index in [1.807, 2.05) is 0 Å². The predicted molar refractivity (Wildman–Crippen MR) is 91.0 cm³/mol. The number of aromatic nitrogens is 4. The third-order valence-electron chi connectivity index (χ3n) is 3.39. The van der Waals surface area contributed by atoms with Crippen molar-refractivity contribution in [3.63, 3.8) is 0 Å². The van der Waals surface area contributed by atoms with Gasteiger partial charge in [-0.25, -0.2) is 14.3 Å². The van der Waals surface area contributed by atoms with Crippen LogP contribution >= 0.6 is 0 Å². The molecule has 0 aliphatic heterocycles. The maximum Gasteiger partial charge on any atom is 0.334 e. The van der Waals surface area contributed by atoms with E-state index in [1.54, 1.807) is 37.5 Å². The highest BCUT2D eigenvalue weighted by atomic mass is 16.5. The molecule has 1 aromatic carbocycles. The molecule has 0 spiro atoms. The van der Waals surface area contributed by atoms with Gasteiger partial charge in [-0.2, -0.15) is 4.98 Å². The third kappa shape index (κ3) is 2.76. The molecule has 8 heteroatoms. The first-order valence-corrected chi connectivity index (χ1v) is 7.15. The van der Waals surface area contributed by atoms with E-state index in [4.69, 9.17) is 4.74 Å². The largest absolute Gasteiger partial charge is 0.497 e. The lowest BCUT2D eigenvalue weighted by Crippen LogP contribution is -2.34. The molecule has 0 fully saturated rings. The first kappa shape index (κ1) is 15.5. The van der Waals surface area contributed by atoms with Crippen LogP contribution in [0.5, 0.6) is 5.75 Å². The van der Waals surface area contributed by atoms with E-state index >= 15 is 0 Å². The Labute approximate surface area is 136 Å². The highest BCUT2D eigenvalue weighted by Crippen LogP contribution is 2.13. The molecule has 3 rings (SSSR count). The van der Waals surface area contributed by atoms with Crippen LogP contribution in [-0.2, 0) is 0 Å². The molecule has 0 aliphatic rings. The number of nitrogens with zero attached hydrogens (tertiary/aromatic N) is 3. The zero-order valence-electron chi connectivity index (χ0n) is 12.9. The van der Waals surface area contributed by atoms with Crippen LogP contribution < -0.4 is 21.3 Å². The molecule has 0 radical (unpaired) electrons. The number of H-pyrrole nitrogens is 1. The maximum atomic E-state index is 12.6. The van der Waals surface area contributed by atoms with E-state index in [0.717, 1.165) is 4.57 Å². The number of fused-ring (bicyclic) bond motifs is 1. The number of hydrogen-bond acceptors (Lipinski definition) is 6. The van der Waals surface area contributed by atoms with Crippen molar-refractivity contribution in [2.75, 3.05) is 19.0 Å². The molecule has 2 N–H and O–H groups in total. The summed E-state index contributed by atoms with van der Waals surface area (Å²) in [5.74, 6) is 0.935. The monoisotopic (exact) mass is 325 g/mol. The Hall–Kier alpha value is -3.42. The normalized spacial score (nSPS) is 10.5. The maximum absolute atomic E-state index is 12.6. The van der Waals surface area contributed by atoms with Gasteiger partial charge in [-0.1, -0.05) is 6.08 Å². The Morgan fingerprint density at radius 1 is 1.33 bits per heavy atom. The molecule has 0 atom stereocenters. The average molecular weight is 325 g/mol. The molecule has 0 unspecified atom stereocenters. The summed E-state index contributed by atoms with van der Waals surface area (Å²) in [6.45, 7) is 4.06.